The van der Waals surface area contributed by atoms with E-state index < -0.39 is 0 Å². The van der Waals surface area contributed by atoms with Crippen molar-refractivity contribution < 1.29 is 10.2 Å². The van der Waals surface area contributed by atoms with Crippen molar-refractivity contribution >= 4 is 27.8 Å². The molecule has 0 aliphatic rings. The number of nitrogens with zero attached hydrogens (tertiary/aromatic N) is 1. The lowest BCUT2D eigenvalue weighted by Crippen LogP contribution is -1.80. The number of halogens is 1. The van der Waals surface area contributed by atoms with Gasteiger partial charge in [-0.1, -0.05) is 15.9 Å². The van der Waals surface area contributed by atoms with Crippen molar-refractivity contribution in [3.05, 3.63) is 52.5 Å². The number of phenols is 2. The molecule has 4 heteroatoms. The molecule has 17 heavy (non-hydrogen) atoms. The van der Waals surface area contributed by atoms with Crippen LogP contribution in [0.2, 0.25) is 0 Å². The third-order valence-corrected chi connectivity index (χ3v) is 2.72. The summed E-state index contributed by atoms with van der Waals surface area (Å²) >= 11 is 3.35. The molecule has 0 aromatic heterocycles. The molecule has 0 unspecified atom stereocenters. The van der Waals surface area contributed by atoms with Crippen molar-refractivity contribution in [3.8, 4) is 11.5 Å². The topological polar surface area (TPSA) is 52.8 Å². The smallest absolute Gasteiger partial charge is 0.158 e. The molecule has 0 saturated heterocycles. The van der Waals surface area contributed by atoms with Gasteiger partial charge in [-0.3, -0.25) is 4.99 Å². The maximum Gasteiger partial charge on any atom is 0.158 e. The summed E-state index contributed by atoms with van der Waals surface area (Å²) in [5, 5.41) is 18.5. The summed E-state index contributed by atoms with van der Waals surface area (Å²) in [6.07, 6.45) is 1.63. The highest BCUT2D eigenvalue weighted by molar-refractivity contribution is 9.10. The number of aromatic hydroxyl groups is 2. The summed E-state index contributed by atoms with van der Waals surface area (Å²) < 4.78 is 0.999. The average molecular weight is 292 g/mol. The molecular weight excluding hydrogens is 282 g/mol. The first-order valence-corrected chi connectivity index (χ1v) is 5.76. The van der Waals surface area contributed by atoms with Gasteiger partial charge in [0.05, 0.1) is 5.69 Å². The molecule has 0 saturated carbocycles. The van der Waals surface area contributed by atoms with Gasteiger partial charge in [0.15, 0.2) is 11.5 Å². The quantitative estimate of drug-likeness (QED) is 0.656. The van der Waals surface area contributed by atoms with E-state index in [9.17, 15) is 5.11 Å². The van der Waals surface area contributed by atoms with Crippen molar-refractivity contribution in [2.75, 3.05) is 0 Å². The number of phenolic OH excluding ortho intramolecular Hbond substituents is 2. The zero-order chi connectivity index (χ0) is 12.3. The second-order valence-corrected chi connectivity index (χ2v) is 4.40. The van der Waals surface area contributed by atoms with Gasteiger partial charge in [0.1, 0.15) is 0 Å². The van der Waals surface area contributed by atoms with Gasteiger partial charge in [0.25, 0.3) is 0 Å². The molecular formula is C13H10BrNO2. The normalized spacial score (nSPS) is 10.9. The zero-order valence-electron chi connectivity index (χ0n) is 8.84. The first-order chi connectivity index (χ1) is 8.15. The van der Waals surface area contributed by atoms with E-state index in [0.29, 0.717) is 0 Å². The number of hydrogen-bond donors (Lipinski definition) is 2. The minimum Gasteiger partial charge on any atom is -0.504 e. The lowest BCUT2D eigenvalue weighted by Gasteiger charge is -1.98. The first kappa shape index (κ1) is 11.7. The van der Waals surface area contributed by atoms with Crippen LogP contribution in [0.3, 0.4) is 0 Å². The monoisotopic (exact) mass is 291 g/mol. The molecule has 0 radical (unpaired) electrons. The van der Waals surface area contributed by atoms with E-state index in [-0.39, 0.29) is 11.5 Å². The lowest BCUT2D eigenvalue weighted by atomic mass is 10.2. The molecule has 3 nitrogen and oxygen atoms in total. The highest BCUT2D eigenvalue weighted by Gasteiger charge is 1.98. The van der Waals surface area contributed by atoms with Gasteiger partial charge >= 0.3 is 0 Å². The van der Waals surface area contributed by atoms with Crippen LogP contribution in [-0.2, 0) is 0 Å². The van der Waals surface area contributed by atoms with Crippen LogP contribution in [-0.4, -0.2) is 16.4 Å². The largest absolute Gasteiger partial charge is 0.504 e. The first-order valence-electron chi connectivity index (χ1n) is 4.97. The lowest BCUT2D eigenvalue weighted by molar-refractivity contribution is 0.403. The highest BCUT2D eigenvalue weighted by Crippen LogP contribution is 2.24. The summed E-state index contributed by atoms with van der Waals surface area (Å²) in [7, 11) is 0. The SMILES string of the molecule is Oc1ccc(C=Nc2ccc(Br)cc2)cc1O. The molecule has 0 heterocycles. The highest BCUT2D eigenvalue weighted by atomic mass is 79.9. The number of aliphatic imine (C=N–C) groups is 1. The third-order valence-electron chi connectivity index (χ3n) is 2.19. The van der Waals surface area contributed by atoms with Crippen LogP contribution < -0.4 is 0 Å². The van der Waals surface area contributed by atoms with Gasteiger partial charge in [0.2, 0.25) is 0 Å². The summed E-state index contributed by atoms with van der Waals surface area (Å²) in [5.74, 6) is -0.282. The zero-order valence-corrected chi connectivity index (χ0v) is 10.4. The summed E-state index contributed by atoms with van der Waals surface area (Å²) in [6.45, 7) is 0. The summed E-state index contributed by atoms with van der Waals surface area (Å²) in [4.78, 5) is 4.25. The van der Waals surface area contributed by atoms with Crippen LogP contribution >= 0.6 is 15.9 Å². The van der Waals surface area contributed by atoms with Crippen molar-refractivity contribution in [2.24, 2.45) is 4.99 Å². The molecule has 0 atom stereocenters. The second kappa shape index (κ2) is 5.01. The number of hydrogen-bond acceptors (Lipinski definition) is 3. The Morgan fingerprint density at radius 3 is 2.29 bits per heavy atom. The van der Waals surface area contributed by atoms with E-state index in [1.54, 1.807) is 12.3 Å². The Kier molecular flexibility index (Phi) is 3.44. The van der Waals surface area contributed by atoms with Crippen LogP contribution in [0.5, 0.6) is 11.5 Å². The molecule has 2 aromatic rings. The maximum absolute atomic E-state index is 9.32. The fourth-order valence-electron chi connectivity index (χ4n) is 1.30. The van der Waals surface area contributed by atoms with Gasteiger partial charge in [0, 0.05) is 10.7 Å². The van der Waals surface area contributed by atoms with Gasteiger partial charge in [-0.2, -0.15) is 0 Å². The van der Waals surface area contributed by atoms with E-state index in [2.05, 4.69) is 20.9 Å². The minimum atomic E-state index is -0.148. The van der Waals surface area contributed by atoms with E-state index in [1.807, 2.05) is 24.3 Å². The molecule has 0 aliphatic carbocycles. The van der Waals surface area contributed by atoms with Gasteiger partial charge in [-0.05, 0) is 48.0 Å². The molecule has 0 fully saturated rings. The standard InChI is InChI=1S/C13H10BrNO2/c14-10-2-4-11(5-3-10)15-8-9-1-6-12(16)13(17)7-9/h1-8,16-17H. The Balaban J connectivity index is 2.20. The average Bonchev–Trinajstić information content (AvgIpc) is 2.33. The van der Waals surface area contributed by atoms with Crippen LogP contribution in [0, 0.1) is 0 Å². The second-order valence-electron chi connectivity index (χ2n) is 3.48. The number of rotatable bonds is 2. The van der Waals surface area contributed by atoms with Crippen LogP contribution in [0.15, 0.2) is 51.9 Å². The summed E-state index contributed by atoms with van der Waals surface area (Å²) in [6, 6.07) is 12.1. The van der Waals surface area contributed by atoms with E-state index in [4.69, 9.17) is 5.11 Å². The van der Waals surface area contributed by atoms with Gasteiger partial charge in [-0.25, -0.2) is 0 Å². The van der Waals surface area contributed by atoms with Crippen LogP contribution in [0.4, 0.5) is 5.69 Å². The van der Waals surface area contributed by atoms with Crippen LogP contribution in [0.1, 0.15) is 5.56 Å². The van der Waals surface area contributed by atoms with Crippen LogP contribution in [0.25, 0.3) is 0 Å². The van der Waals surface area contributed by atoms with Crippen molar-refractivity contribution in [1.29, 1.82) is 0 Å². The van der Waals surface area contributed by atoms with E-state index in [0.717, 1.165) is 15.7 Å². The molecule has 0 aliphatic heterocycles. The molecule has 2 aromatic carbocycles. The predicted molar refractivity (Wildman–Crippen MR) is 71.2 cm³/mol. The molecule has 2 N–H and O–H groups in total. The predicted octanol–water partition coefficient (Wildman–Crippen LogP) is 3.61. The van der Waals surface area contributed by atoms with Gasteiger partial charge in [-0.15, -0.1) is 0 Å². The third kappa shape index (κ3) is 3.07. The fraction of sp³-hybridized carbons (Fsp3) is 0. The molecule has 86 valence electrons. The van der Waals surface area contributed by atoms with E-state index >= 15 is 0 Å². The molecule has 0 spiro atoms. The van der Waals surface area contributed by atoms with Crippen molar-refractivity contribution in [3.63, 3.8) is 0 Å². The Morgan fingerprint density at radius 2 is 1.65 bits per heavy atom. The Labute approximate surface area is 107 Å². The van der Waals surface area contributed by atoms with Gasteiger partial charge < -0.3 is 10.2 Å². The number of benzene rings is 2. The Bertz CT molecular complexity index is 550. The fourth-order valence-corrected chi connectivity index (χ4v) is 1.56. The molecule has 0 amide bonds. The van der Waals surface area contributed by atoms with Crippen molar-refractivity contribution in [1.82, 2.24) is 0 Å². The Morgan fingerprint density at radius 1 is 0.941 bits per heavy atom. The maximum atomic E-state index is 9.32. The molecule has 0 bridgehead atoms. The minimum absolute atomic E-state index is 0.134. The van der Waals surface area contributed by atoms with E-state index in [1.165, 1.54) is 12.1 Å². The molecule has 2 rings (SSSR count). The van der Waals surface area contributed by atoms with Crippen molar-refractivity contribution in [2.45, 2.75) is 0 Å². The Hall–Kier alpha value is -1.81. The summed E-state index contributed by atoms with van der Waals surface area (Å²) in [5.41, 5.74) is 1.55.